The predicted octanol–water partition coefficient (Wildman–Crippen LogP) is -0.212. The van der Waals surface area contributed by atoms with E-state index < -0.39 is 249 Å². The second kappa shape index (κ2) is 29.7. The molecule has 0 saturated carbocycles. The summed E-state index contributed by atoms with van der Waals surface area (Å²) in [4.78, 5) is 132. The molecular formula is C67H74Cl2N10O25. The van der Waals surface area contributed by atoms with Gasteiger partial charge in [-0.3, -0.25) is 33.6 Å². The van der Waals surface area contributed by atoms with Crippen molar-refractivity contribution in [3.63, 3.8) is 0 Å². The number of hydrogen-bond acceptors (Lipinski definition) is 25. The lowest BCUT2D eigenvalue weighted by atomic mass is 9.81. The molecule has 35 nitrogen and oxygen atoms in total. The average Bonchev–Trinajstić information content (AvgIpc) is 1.52. The number of carbonyl (C=O) groups is 9. The summed E-state index contributed by atoms with van der Waals surface area (Å²) in [5.41, 5.74) is -0.867. The van der Waals surface area contributed by atoms with Gasteiger partial charge in [-0.15, -0.1) is 0 Å². The number of carboxylic acid groups (broad SMARTS) is 1. The van der Waals surface area contributed by atoms with Crippen LogP contribution in [0.4, 0.5) is 4.79 Å². The summed E-state index contributed by atoms with van der Waals surface area (Å²) < 4.78 is 38.2. The van der Waals surface area contributed by atoms with Crippen LogP contribution < -0.4 is 67.8 Å². The summed E-state index contributed by atoms with van der Waals surface area (Å²) in [6.45, 7) is 5.46. The number of carboxylic acids is 1. The molecule has 11 bridgehead atoms. The first-order valence-corrected chi connectivity index (χ1v) is 33.2. The molecule has 0 aliphatic carbocycles. The van der Waals surface area contributed by atoms with Gasteiger partial charge in [-0.25, -0.2) is 9.59 Å². The molecule has 8 heterocycles. The number of ether oxygens (including phenoxy) is 6. The number of phenols is 3. The van der Waals surface area contributed by atoms with Gasteiger partial charge >= 0.3 is 12.0 Å². The molecular weight excluding hydrogens is 1420 g/mol. The molecule has 0 radical (unpaired) electrons. The van der Waals surface area contributed by atoms with Crippen LogP contribution in [-0.4, -0.2) is 197 Å². The fourth-order valence-corrected chi connectivity index (χ4v) is 13.7. The van der Waals surface area contributed by atoms with Crippen molar-refractivity contribution in [2.75, 3.05) is 13.7 Å². The van der Waals surface area contributed by atoms with Crippen molar-refractivity contribution in [2.45, 2.75) is 156 Å². The van der Waals surface area contributed by atoms with Gasteiger partial charge in [0.1, 0.15) is 102 Å². The highest BCUT2D eigenvalue weighted by Crippen LogP contribution is 2.50. The van der Waals surface area contributed by atoms with Crippen molar-refractivity contribution >= 4 is 76.6 Å². The van der Waals surface area contributed by atoms with E-state index in [2.05, 4.69) is 47.9 Å². The molecule has 3 fully saturated rings. The van der Waals surface area contributed by atoms with E-state index in [1.54, 1.807) is 0 Å². The number of aliphatic hydroxyl groups excluding tert-OH is 5. The number of rotatable bonds is 13. The average molecular weight is 1490 g/mol. The predicted molar refractivity (Wildman–Crippen MR) is 356 cm³/mol. The van der Waals surface area contributed by atoms with E-state index in [0.29, 0.717) is 0 Å². The number of likely N-dealkylation sites (N-methyl/N-ethyl adjacent to an activating group) is 1. The third-order valence-electron chi connectivity index (χ3n) is 18.7. The number of hydrogen-bond donors (Lipinski definition) is 20. The fraction of sp³-hybridized carbons (Fsp3) is 0.418. The number of halogens is 2. The molecule has 556 valence electrons. The number of amides is 9. The monoisotopic (exact) mass is 1490 g/mol. The van der Waals surface area contributed by atoms with Gasteiger partial charge < -0.3 is 133 Å². The highest BCUT2D eigenvalue weighted by Gasteiger charge is 2.63. The van der Waals surface area contributed by atoms with Gasteiger partial charge in [0.05, 0.1) is 34.7 Å². The first-order chi connectivity index (χ1) is 49.1. The molecule has 0 aromatic heterocycles. The largest absolute Gasteiger partial charge is 0.508 e. The Hall–Kier alpha value is -9.89. The Bertz CT molecular complexity index is 4290. The molecule has 5 aromatic rings. The van der Waals surface area contributed by atoms with Crippen molar-refractivity contribution in [2.24, 2.45) is 11.7 Å². The molecule has 37 heteroatoms. The van der Waals surface area contributed by atoms with Gasteiger partial charge in [0.15, 0.2) is 29.6 Å². The summed E-state index contributed by atoms with van der Waals surface area (Å²) in [5.74, 6) is -16.3. The second-order valence-electron chi connectivity index (χ2n) is 26.4. The number of nitrogens with two attached hydrogens (primary N) is 1. The number of aliphatic carboxylic acids is 1. The first kappa shape index (κ1) is 75.3. The van der Waals surface area contributed by atoms with E-state index in [9.17, 15) is 75.0 Å². The Labute approximate surface area is 599 Å². The third kappa shape index (κ3) is 14.8. The van der Waals surface area contributed by atoms with Gasteiger partial charge in [-0.1, -0.05) is 55.2 Å². The van der Waals surface area contributed by atoms with Gasteiger partial charge in [0.25, 0.3) is 0 Å². The summed E-state index contributed by atoms with van der Waals surface area (Å²) in [6, 6.07) is -1.60. The normalized spacial score (nSPS) is 30.0. The lowest BCUT2D eigenvalue weighted by Gasteiger charge is -2.48. The van der Waals surface area contributed by atoms with Crippen molar-refractivity contribution < 1.29 is 123 Å². The zero-order chi connectivity index (χ0) is 75.5. The topological polar surface area (TPSA) is 546 Å². The van der Waals surface area contributed by atoms with Gasteiger partial charge in [-0.2, -0.15) is 0 Å². The molecule has 8 aliphatic heterocycles. The fourth-order valence-electron chi connectivity index (χ4n) is 13.3. The molecule has 18 atom stereocenters. The van der Waals surface area contributed by atoms with E-state index in [-0.39, 0.29) is 39.8 Å². The van der Waals surface area contributed by atoms with Crippen molar-refractivity contribution in [3.8, 4) is 57.1 Å². The van der Waals surface area contributed by atoms with Crippen LogP contribution in [0.3, 0.4) is 0 Å². The minimum Gasteiger partial charge on any atom is -0.508 e. The van der Waals surface area contributed by atoms with Gasteiger partial charge in [-0.05, 0) is 110 Å². The number of urea groups is 1. The Balaban J connectivity index is 1.18. The standard InChI is InChI=1S/C67H74Cl2N10O25/c1-23(2)12-34(71-5)57(89)76-49-51(85)26-7-10-38(32(68)14-26)100-40-16-28-17-41(56(40)104-64-54(88)53(87)52(86)42(22-80)102-64)101-39-11-8-27(15-33(39)69)55(103-44-21-66(4)67(98,24(3)99-44)79-65(97)78-66)50-62(94)75-48(63(95)96)31-18-29(81)19-37(83)45(31)30-13-25(6-9-36(30)82)46(59(91)77-50)74-60(92)47(28)73-58(90)35(20-43(70)84)72-61(49)93/h6-11,13-19,23-24,34-35,42,44,46-55,64,71,80-83,85-88,98H,12,20-22H2,1-5H3,(H2,70,84)(H,72,93)(H,73,90)(H,74,92)(H,75,94)(H,76,89)(H,77,91)(H,95,96)(H2,78,79,97)/t24-,34+,35-,42+,44-,46+,47+,48+,49+,50-,51+,52+,53-,54+,55+,64-,66-,67-/m0/s1. The molecule has 0 spiro atoms. The van der Waals surface area contributed by atoms with Crippen LogP contribution in [0.5, 0.6) is 46.0 Å². The first-order valence-electron chi connectivity index (χ1n) is 32.4. The smallest absolute Gasteiger partial charge is 0.330 e. The molecule has 5 aromatic carbocycles. The molecule has 8 aliphatic rings. The molecule has 104 heavy (non-hydrogen) atoms. The minimum absolute atomic E-state index is 0.103. The van der Waals surface area contributed by atoms with Gasteiger partial charge in [0, 0.05) is 29.2 Å². The lowest BCUT2D eigenvalue weighted by Crippen LogP contribution is -2.70. The molecule has 3 saturated heterocycles. The molecule has 21 N–H and O–H groups in total. The zero-order valence-electron chi connectivity index (χ0n) is 55.6. The van der Waals surface area contributed by atoms with Crippen LogP contribution in [0.25, 0.3) is 11.1 Å². The molecule has 13 rings (SSSR count). The highest BCUT2D eigenvalue weighted by atomic mass is 35.5. The molecule has 9 amide bonds. The Morgan fingerprint density at radius 3 is 1.96 bits per heavy atom. The summed E-state index contributed by atoms with van der Waals surface area (Å²) in [6.07, 6.45) is -18.4. The number of benzene rings is 5. The van der Waals surface area contributed by atoms with Crippen LogP contribution in [0.1, 0.15) is 105 Å². The van der Waals surface area contributed by atoms with Gasteiger partial charge in [0.2, 0.25) is 53.4 Å². The van der Waals surface area contributed by atoms with Crippen LogP contribution in [-0.2, 0) is 52.6 Å². The number of phenolic OH excluding ortho intramolecular Hbond substituents is 3. The van der Waals surface area contributed by atoms with Crippen LogP contribution >= 0.6 is 23.2 Å². The quantitative estimate of drug-likeness (QED) is 0.0725. The summed E-state index contributed by atoms with van der Waals surface area (Å²) in [7, 11) is 1.47. The summed E-state index contributed by atoms with van der Waals surface area (Å²) >= 11 is 14.3. The highest BCUT2D eigenvalue weighted by molar-refractivity contribution is 6.32. The van der Waals surface area contributed by atoms with E-state index in [1.165, 1.54) is 39.1 Å². The van der Waals surface area contributed by atoms with Crippen LogP contribution in [0.2, 0.25) is 10.0 Å². The number of primary amides is 1. The molecule has 0 unspecified atom stereocenters. The van der Waals surface area contributed by atoms with Crippen molar-refractivity contribution in [1.29, 1.82) is 0 Å². The van der Waals surface area contributed by atoms with E-state index in [0.717, 1.165) is 60.7 Å². The maximum absolute atomic E-state index is 16.2. The van der Waals surface area contributed by atoms with Crippen molar-refractivity contribution in [1.82, 2.24) is 47.9 Å². The number of carbonyl (C=O) groups excluding carboxylic acids is 8. The Morgan fingerprint density at radius 1 is 0.712 bits per heavy atom. The third-order valence-corrected chi connectivity index (χ3v) is 19.3. The van der Waals surface area contributed by atoms with E-state index in [4.69, 9.17) is 57.4 Å². The van der Waals surface area contributed by atoms with Crippen molar-refractivity contribution in [3.05, 3.63) is 117 Å². The Morgan fingerprint density at radius 2 is 1.34 bits per heavy atom. The van der Waals surface area contributed by atoms with Crippen LogP contribution in [0, 0.1) is 5.92 Å². The van der Waals surface area contributed by atoms with E-state index >= 15 is 19.2 Å². The lowest BCUT2D eigenvalue weighted by molar-refractivity contribution is -0.287. The number of aliphatic hydroxyl groups is 6. The van der Waals surface area contributed by atoms with E-state index in [1.807, 2.05) is 13.8 Å². The maximum Gasteiger partial charge on any atom is 0.330 e. The zero-order valence-corrected chi connectivity index (χ0v) is 57.1. The Kier molecular flexibility index (Phi) is 21.5. The van der Waals surface area contributed by atoms with Crippen LogP contribution in [0.15, 0.2) is 78.9 Å². The summed E-state index contributed by atoms with van der Waals surface area (Å²) in [5, 5.41) is 135. The minimum atomic E-state index is -2.37. The maximum atomic E-state index is 16.2. The number of nitrogens with one attached hydrogen (secondary N) is 9. The number of aromatic hydroxyl groups is 3. The SMILES string of the molecule is CN[C@H](CC(C)C)C(=O)N[C@H]1C(=O)N[C@@H](CC(N)=O)C(=O)N[C@H]2C(=O)N[C@H]3C(=O)N[C@H](C(=O)N[C@@H](C(=O)O)c4cc(O)cc(O)c4-c4cc3ccc4O)[C@H](O[C@H]3C[C@]4(C)NC(=O)N[C@]4(O)[C@H](C)O3)c3ccc(c(Cl)c3)Oc3cc2cc(c3O[C@@H]2O[C@H](CO)[C@@H](O)[C@H](O)[C@H]2O)Oc2ccc(cc2Cl)[C@H]1O. The number of fused-ring (bicyclic) bond motifs is 16. The second-order valence-corrected chi connectivity index (χ2v) is 27.2.